The molecule has 0 aliphatic heterocycles. The van der Waals surface area contributed by atoms with E-state index < -0.39 is 23.6 Å². The largest absolute Gasteiger partial charge is 0.458 e. The van der Waals surface area contributed by atoms with Crippen molar-refractivity contribution >= 4 is 33.9 Å². The molecule has 0 atom stereocenters. The van der Waals surface area contributed by atoms with Crippen molar-refractivity contribution in [1.29, 1.82) is 0 Å². The Morgan fingerprint density at radius 2 is 1.55 bits per heavy atom. The number of nitrogens with zero attached hydrogens (tertiary/aromatic N) is 2. The monoisotopic (exact) mass is 458 g/mol. The molecule has 0 unspecified atom stereocenters. The normalized spacial score (nSPS) is 11.9. The Morgan fingerprint density at radius 3 is 2.27 bits per heavy atom. The lowest BCUT2D eigenvalue weighted by Crippen LogP contribution is -2.33. The van der Waals surface area contributed by atoms with Crippen molar-refractivity contribution in [3.8, 4) is 0 Å². The molecular formula is C23H15F5N4O. The SMILES string of the molecule is O=C(Nc1ccc(C(F)(F)C(F)(F)F)cc1)c1cccnc1Nc1ccc2ccncc2c1. The number of amides is 1. The van der Waals surface area contributed by atoms with Crippen LogP contribution in [-0.2, 0) is 5.92 Å². The van der Waals surface area contributed by atoms with Gasteiger partial charge in [-0.05, 0) is 47.9 Å². The molecule has 0 radical (unpaired) electrons. The zero-order valence-electron chi connectivity index (χ0n) is 16.7. The van der Waals surface area contributed by atoms with Gasteiger partial charge in [0, 0.05) is 40.9 Å². The van der Waals surface area contributed by atoms with Crippen LogP contribution in [0.4, 0.5) is 39.1 Å². The van der Waals surface area contributed by atoms with E-state index in [1.165, 1.54) is 18.3 Å². The number of halogens is 5. The molecular weight excluding hydrogens is 443 g/mol. The Balaban J connectivity index is 1.53. The fourth-order valence-electron chi connectivity index (χ4n) is 3.11. The van der Waals surface area contributed by atoms with Gasteiger partial charge in [-0.3, -0.25) is 9.78 Å². The van der Waals surface area contributed by atoms with Gasteiger partial charge >= 0.3 is 12.1 Å². The maximum atomic E-state index is 13.4. The fourth-order valence-corrected chi connectivity index (χ4v) is 3.11. The highest BCUT2D eigenvalue weighted by Gasteiger charge is 2.58. The van der Waals surface area contributed by atoms with Crippen LogP contribution in [0.5, 0.6) is 0 Å². The van der Waals surface area contributed by atoms with Gasteiger partial charge in [0.1, 0.15) is 5.82 Å². The lowest BCUT2D eigenvalue weighted by molar-refractivity contribution is -0.289. The van der Waals surface area contributed by atoms with Crippen LogP contribution in [0.1, 0.15) is 15.9 Å². The molecule has 2 N–H and O–H groups in total. The predicted molar refractivity (Wildman–Crippen MR) is 114 cm³/mol. The quantitative estimate of drug-likeness (QED) is 0.346. The number of hydrogen-bond acceptors (Lipinski definition) is 4. The predicted octanol–water partition coefficient (Wildman–Crippen LogP) is 6.28. The maximum absolute atomic E-state index is 13.4. The van der Waals surface area contributed by atoms with E-state index in [1.54, 1.807) is 18.5 Å². The number of hydrogen-bond donors (Lipinski definition) is 2. The van der Waals surface area contributed by atoms with Gasteiger partial charge in [-0.15, -0.1) is 0 Å². The van der Waals surface area contributed by atoms with Crippen molar-refractivity contribution in [2.24, 2.45) is 0 Å². The van der Waals surface area contributed by atoms with E-state index in [2.05, 4.69) is 20.6 Å². The van der Waals surface area contributed by atoms with E-state index in [9.17, 15) is 26.7 Å². The summed E-state index contributed by atoms with van der Waals surface area (Å²) in [5.74, 6) is -5.38. The van der Waals surface area contributed by atoms with Gasteiger partial charge in [-0.1, -0.05) is 18.2 Å². The van der Waals surface area contributed by atoms with Gasteiger partial charge in [0.05, 0.1) is 5.56 Å². The van der Waals surface area contributed by atoms with Gasteiger partial charge in [0.2, 0.25) is 0 Å². The summed E-state index contributed by atoms with van der Waals surface area (Å²) in [6, 6.07) is 13.6. The number of pyridine rings is 2. The molecule has 2 aromatic carbocycles. The second kappa shape index (κ2) is 8.45. The van der Waals surface area contributed by atoms with Crippen LogP contribution in [-0.4, -0.2) is 22.1 Å². The van der Waals surface area contributed by atoms with Crippen molar-refractivity contribution in [1.82, 2.24) is 9.97 Å². The summed E-state index contributed by atoms with van der Waals surface area (Å²) in [7, 11) is 0. The minimum Gasteiger partial charge on any atom is -0.340 e. The Labute approximate surface area is 184 Å². The Morgan fingerprint density at radius 1 is 0.818 bits per heavy atom. The molecule has 33 heavy (non-hydrogen) atoms. The third-order valence-corrected chi connectivity index (χ3v) is 4.82. The molecule has 0 spiro atoms. The second-order valence-corrected chi connectivity index (χ2v) is 7.07. The second-order valence-electron chi connectivity index (χ2n) is 7.07. The minimum absolute atomic E-state index is 0.0494. The summed E-state index contributed by atoms with van der Waals surface area (Å²) >= 11 is 0. The van der Waals surface area contributed by atoms with Crippen LogP contribution in [0.3, 0.4) is 0 Å². The summed E-state index contributed by atoms with van der Waals surface area (Å²) < 4.78 is 64.5. The third-order valence-electron chi connectivity index (χ3n) is 4.82. The van der Waals surface area contributed by atoms with Crippen LogP contribution in [0, 0.1) is 0 Å². The van der Waals surface area contributed by atoms with Crippen LogP contribution in [0.15, 0.2) is 79.3 Å². The van der Waals surface area contributed by atoms with Crippen LogP contribution >= 0.6 is 0 Å². The van der Waals surface area contributed by atoms with Crippen molar-refractivity contribution < 1.29 is 26.7 Å². The van der Waals surface area contributed by atoms with Crippen LogP contribution < -0.4 is 10.6 Å². The number of alkyl halides is 5. The molecule has 0 saturated heterocycles. The summed E-state index contributed by atoms with van der Waals surface area (Å²) in [6.07, 6.45) is -0.867. The molecule has 2 aromatic heterocycles. The number of benzene rings is 2. The highest BCUT2D eigenvalue weighted by molar-refractivity contribution is 6.07. The number of fused-ring (bicyclic) bond motifs is 1. The molecule has 2 heterocycles. The third kappa shape index (κ3) is 4.59. The number of nitrogens with one attached hydrogen (secondary N) is 2. The average Bonchev–Trinajstić information content (AvgIpc) is 2.79. The number of carbonyl (C=O) groups excluding carboxylic acids is 1. The van der Waals surface area contributed by atoms with Crippen LogP contribution in [0.2, 0.25) is 0 Å². The maximum Gasteiger partial charge on any atom is 0.458 e. The fraction of sp³-hybridized carbons (Fsp3) is 0.0870. The Kier molecular flexibility index (Phi) is 5.67. The lowest BCUT2D eigenvalue weighted by atomic mass is 10.1. The van der Waals surface area contributed by atoms with Crippen molar-refractivity contribution in [2.45, 2.75) is 12.1 Å². The van der Waals surface area contributed by atoms with E-state index in [0.29, 0.717) is 17.8 Å². The van der Waals surface area contributed by atoms with Crippen LogP contribution in [0.25, 0.3) is 10.8 Å². The molecule has 10 heteroatoms. The molecule has 0 bridgehead atoms. The zero-order valence-corrected chi connectivity index (χ0v) is 16.7. The molecule has 1 amide bonds. The topological polar surface area (TPSA) is 66.9 Å². The summed E-state index contributed by atoms with van der Waals surface area (Å²) in [6.45, 7) is 0. The molecule has 0 aliphatic carbocycles. The first-order valence-electron chi connectivity index (χ1n) is 9.57. The number of aromatic nitrogens is 2. The van der Waals surface area contributed by atoms with E-state index in [1.807, 2.05) is 18.2 Å². The van der Waals surface area contributed by atoms with Gasteiger partial charge in [0.15, 0.2) is 0 Å². The molecule has 0 aliphatic rings. The smallest absolute Gasteiger partial charge is 0.340 e. The highest BCUT2D eigenvalue weighted by atomic mass is 19.4. The first-order valence-corrected chi connectivity index (χ1v) is 9.57. The molecule has 4 rings (SSSR count). The van der Waals surface area contributed by atoms with E-state index in [-0.39, 0.29) is 17.1 Å². The standard InChI is InChI=1S/C23H15F5N4O/c24-22(25,23(26,27)28)16-4-7-17(8-5-16)32-21(33)19-2-1-10-30-20(19)31-18-6-3-14-9-11-29-13-15(14)12-18/h1-13H,(H,30,31)(H,32,33). The molecule has 0 saturated carbocycles. The summed E-state index contributed by atoms with van der Waals surface area (Å²) in [4.78, 5) is 21.0. The molecule has 0 fully saturated rings. The van der Waals surface area contributed by atoms with E-state index in [4.69, 9.17) is 0 Å². The van der Waals surface area contributed by atoms with Crippen molar-refractivity contribution in [3.63, 3.8) is 0 Å². The number of anilines is 3. The van der Waals surface area contributed by atoms with Gasteiger partial charge in [-0.2, -0.15) is 22.0 Å². The number of carbonyl (C=O) groups is 1. The van der Waals surface area contributed by atoms with E-state index in [0.717, 1.165) is 22.9 Å². The first-order chi connectivity index (χ1) is 15.6. The number of rotatable bonds is 5. The molecule has 5 nitrogen and oxygen atoms in total. The van der Waals surface area contributed by atoms with Crippen molar-refractivity contribution in [3.05, 3.63) is 90.4 Å². The minimum atomic E-state index is -5.72. The van der Waals surface area contributed by atoms with Gasteiger partial charge in [0.25, 0.3) is 5.91 Å². The van der Waals surface area contributed by atoms with E-state index >= 15 is 0 Å². The summed E-state index contributed by atoms with van der Waals surface area (Å²) in [5, 5.41) is 7.39. The highest BCUT2D eigenvalue weighted by Crippen LogP contribution is 2.43. The average molecular weight is 458 g/mol. The van der Waals surface area contributed by atoms with Gasteiger partial charge in [-0.25, -0.2) is 4.98 Å². The lowest BCUT2D eigenvalue weighted by Gasteiger charge is -2.20. The first kappa shape index (κ1) is 22.1. The molecule has 4 aromatic rings. The Bertz CT molecular complexity index is 1310. The Hall–Kier alpha value is -4.08. The van der Waals surface area contributed by atoms with Gasteiger partial charge < -0.3 is 10.6 Å². The zero-order chi connectivity index (χ0) is 23.6. The molecule has 168 valence electrons. The summed E-state index contributed by atoms with van der Waals surface area (Å²) in [5.41, 5.74) is -0.369. The van der Waals surface area contributed by atoms with Crippen molar-refractivity contribution in [2.75, 3.05) is 10.6 Å².